The Balaban J connectivity index is 1.63. The third kappa shape index (κ3) is 2.62. The maximum Gasteiger partial charge on any atom is 0.239 e. The van der Waals surface area contributed by atoms with Crippen LogP contribution in [0.3, 0.4) is 0 Å². The van der Waals surface area contributed by atoms with E-state index in [9.17, 15) is 20.1 Å². The molecule has 5 rings (SSSR count). The molecule has 1 aliphatic carbocycles. The topological polar surface area (TPSA) is 85.0 Å². The molecular formula is C27H19N3O2. The smallest absolute Gasteiger partial charge is 0.239 e. The van der Waals surface area contributed by atoms with Gasteiger partial charge in [0.2, 0.25) is 11.8 Å². The van der Waals surface area contributed by atoms with Crippen molar-refractivity contribution in [2.75, 3.05) is 4.90 Å². The summed E-state index contributed by atoms with van der Waals surface area (Å²) < 4.78 is 0. The van der Waals surface area contributed by atoms with Gasteiger partial charge in [-0.05, 0) is 72.5 Å². The van der Waals surface area contributed by atoms with Crippen LogP contribution in [0.1, 0.15) is 33.4 Å². The Bertz CT molecular complexity index is 1260. The minimum atomic E-state index is -0.786. The van der Waals surface area contributed by atoms with Crippen LogP contribution in [0.5, 0.6) is 0 Å². The lowest BCUT2D eigenvalue weighted by molar-refractivity contribution is -0.124. The Morgan fingerprint density at radius 1 is 0.719 bits per heavy atom. The number of benzene rings is 3. The second-order valence-electron chi connectivity index (χ2n) is 8.56. The van der Waals surface area contributed by atoms with Crippen LogP contribution in [0, 0.1) is 48.3 Å². The predicted molar refractivity (Wildman–Crippen MR) is 118 cm³/mol. The van der Waals surface area contributed by atoms with Crippen LogP contribution in [0.25, 0.3) is 0 Å². The molecule has 0 unspecified atom stereocenters. The van der Waals surface area contributed by atoms with Crippen molar-refractivity contribution in [2.45, 2.75) is 19.3 Å². The van der Waals surface area contributed by atoms with E-state index < -0.39 is 17.3 Å². The molecule has 3 aromatic rings. The molecule has 1 saturated heterocycles. The molecule has 2 aliphatic rings. The zero-order valence-corrected chi connectivity index (χ0v) is 17.7. The van der Waals surface area contributed by atoms with Gasteiger partial charge in [0.05, 0.1) is 40.8 Å². The van der Waals surface area contributed by atoms with Gasteiger partial charge in [0.15, 0.2) is 0 Å². The third-order valence-electron chi connectivity index (χ3n) is 6.63. The number of piperidine rings is 1. The molecule has 1 saturated carbocycles. The largest absolute Gasteiger partial charge is 0.274 e. The van der Waals surface area contributed by atoms with Gasteiger partial charge in [0, 0.05) is 5.41 Å². The standard InChI is InChI=1S/C27H19N3O2/c1-16-11-17(2)13-22(12-16)30-25(31)23-24(26(30)32)27(23,20-7-3-18(14-28)4-8-20)21-9-5-19(15-29)6-10-21/h3-13,23-24H,1-2H3/t23-,24+. The molecule has 5 heteroatoms. The number of carbonyl (C=O) groups excluding carboxylic acids is 2. The Morgan fingerprint density at radius 3 is 1.50 bits per heavy atom. The summed E-state index contributed by atoms with van der Waals surface area (Å²) in [5.41, 5.74) is 4.51. The molecule has 0 N–H and O–H groups in total. The van der Waals surface area contributed by atoms with Crippen LogP contribution < -0.4 is 4.90 Å². The second kappa shape index (κ2) is 6.90. The van der Waals surface area contributed by atoms with Crippen LogP contribution in [0.2, 0.25) is 0 Å². The van der Waals surface area contributed by atoms with Gasteiger partial charge >= 0.3 is 0 Å². The summed E-state index contributed by atoms with van der Waals surface area (Å²) in [5, 5.41) is 18.4. The Kier molecular flexibility index (Phi) is 4.25. The van der Waals surface area contributed by atoms with E-state index in [2.05, 4.69) is 12.1 Å². The average Bonchev–Trinajstić information content (AvgIpc) is 3.42. The van der Waals surface area contributed by atoms with E-state index >= 15 is 0 Å². The Hall–Kier alpha value is -4.22. The van der Waals surface area contributed by atoms with E-state index in [-0.39, 0.29) is 11.8 Å². The second-order valence-corrected chi connectivity index (χ2v) is 8.56. The first-order valence-corrected chi connectivity index (χ1v) is 10.4. The number of nitriles is 2. The van der Waals surface area contributed by atoms with Crippen molar-refractivity contribution >= 4 is 17.5 Å². The molecule has 3 aromatic carbocycles. The van der Waals surface area contributed by atoms with E-state index in [0.29, 0.717) is 16.8 Å². The zero-order chi connectivity index (χ0) is 22.6. The molecular weight excluding hydrogens is 398 g/mol. The lowest BCUT2D eigenvalue weighted by Crippen LogP contribution is -2.39. The summed E-state index contributed by atoms with van der Waals surface area (Å²) in [6.45, 7) is 3.89. The van der Waals surface area contributed by atoms with Gasteiger partial charge in [-0.25, -0.2) is 4.90 Å². The number of fused-ring (bicyclic) bond motifs is 1. The molecule has 0 bridgehead atoms. The Morgan fingerprint density at radius 2 is 1.12 bits per heavy atom. The lowest BCUT2D eigenvalue weighted by Gasteiger charge is -2.27. The van der Waals surface area contributed by atoms with Crippen molar-refractivity contribution in [3.8, 4) is 12.1 Å². The fraction of sp³-hybridized carbons (Fsp3) is 0.185. The van der Waals surface area contributed by atoms with Gasteiger partial charge in [0.1, 0.15) is 0 Å². The molecule has 1 aliphatic heterocycles. The van der Waals surface area contributed by atoms with Crippen molar-refractivity contribution in [3.05, 3.63) is 100 Å². The number of anilines is 1. The molecule has 2 fully saturated rings. The molecule has 2 atom stereocenters. The third-order valence-corrected chi connectivity index (χ3v) is 6.63. The van der Waals surface area contributed by atoms with Crippen molar-refractivity contribution in [1.29, 1.82) is 10.5 Å². The van der Waals surface area contributed by atoms with E-state index in [1.807, 2.05) is 56.3 Å². The Labute approximate surface area is 186 Å². The van der Waals surface area contributed by atoms with Gasteiger partial charge in [-0.2, -0.15) is 10.5 Å². The number of amides is 2. The van der Waals surface area contributed by atoms with Gasteiger partial charge in [0.25, 0.3) is 0 Å². The summed E-state index contributed by atoms with van der Waals surface area (Å²) in [7, 11) is 0. The van der Waals surface area contributed by atoms with E-state index in [0.717, 1.165) is 22.3 Å². The van der Waals surface area contributed by atoms with E-state index in [1.165, 1.54) is 4.90 Å². The number of rotatable bonds is 3. The SMILES string of the molecule is Cc1cc(C)cc(N2C(=O)[C@@H]3[C@H](C2=O)C3(c2ccc(C#N)cc2)c2ccc(C#N)cc2)c1. The fourth-order valence-electron chi connectivity index (χ4n) is 5.31. The maximum absolute atomic E-state index is 13.6. The van der Waals surface area contributed by atoms with Gasteiger partial charge in [-0.1, -0.05) is 30.3 Å². The maximum atomic E-state index is 13.6. The summed E-state index contributed by atoms with van der Waals surface area (Å²) in [6, 6.07) is 24.1. The van der Waals surface area contributed by atoms with Crippen LogP contribution in [0.15, 0.2) is 66.7 Å². The molecule has 2 amide bonds. The van der Waals surface area contributed by atoms with E-state index in [4.69, 9.17) is 0 Å². The monoisotopic (exact) mass is 417 g/mol. The molecule has 5 nitrogen and oxygen atoms in total. The summed E-state index contributed by atoms with van der Waals surface area (Å²) in [5.74, 6) is -1.45. The number of hydrogen-bond acceptors (Lipinski definition) is 4. The number of nitrogens with zero attached hydrogens (tertiary/aromatic N) is 3. The molecule has 1 heterocycles. The minimum absolute atomic E-state index is 0.210. The highest BCUT2D eigenvalue weighted by atomic mass is 16.2. The number of carbonyl (C=O) groups is 2. The van der Waals surface area contributed by atoms with Crippen LogP contribution in [-0.4, -0.2) is 11.8 Å². The van der Waals surface area contributed by atoms with Crippen LogP contribution in [-0.2, 0) is 15.0 Å². The molecule has 0 radical (unpaired) electrons. The van der Waals surface area contributed by atoms with E-state index in [1.54, 1.807) is 24.3 Å². The predicted octanol–water partition coefficient (Wildman–Crippen LogP) is 4.15. The van der Waals surface area contributed by atoms with Gasteiger partial charge in [-0.3, -0.25) is 9.59 Å². The quantitative estimate of drug-likeness (QED) is 0.599. The van der Waals surface area contributed by atoms with Gasteiger partial charge < -0.3 is 0 Å². The van der Waals surface area contributed by atoms with Crippen molar-refractivity contribution < 1.29 is 9.59 Å². The van der Waals surface area contributed by atoms with Crippen LogP contribution in [0.4, 0.5) is 5.69 Å². The summed E-state index contributed by atoms with van der Waals surface area (Å²) in [4.78, 5) is 28.5. The first kappa shape index (κ1) is 19.7. The number of imide groups is 1. The molecule has 154 valence electrons. The lowest BCUT2D eigenvalue weighted by atomic mass is 9.82. The summed E-state index contributed by atoms with van der Waals surface area (Å²) in [6.07, 6.45) is 0. The molecule has 0 spiro atoms. The first-order chi connectivity index (χ1) is 15.4. The minimum Gasteiger partial charge on any atom is -0.274 e. The first-order valence-electron chi connectivity index (χ1n) is 10.4. The highest BCUT2D eigenvalue weighted by Crippen LogP contribution is 2.68. The van der Waals surface area contributed by atoms with Gasteiger partial charge in [-0.15, -0.1) is 0 Å². The van der Waals surface area contributed by atoms with Crippen molar-refractivity contribution in [1.82, 2.24) is 0 Å². The molecule has 32 heavy (non-hydrogen) atoms. The molecule has 0 aromatic heterocycles. The number of aryl methyl sites for hydroxylation is 2. The fourth-order valence-corrected chi connectivity index (χ4v) is 5.31. The number of hydrogen-bond donors (Lipinski definition) is 0. The highest BCUT2D eigenvalue weighted by Gasteiger charge is 2.78. The average molecular weight is 417 g/mol. The zero-order valence-electron chi connectivity index (χ0n) is 17.7. The van der Waals surface area contributed by atoms with Crippen LogP contribution >= 0.6 is 0 Å². The highest BCUT2D eigenvalue weighted by molar-refractivity contribution is 6.27. The van der Waals surface area contributed by atoms with Crippen molar-refractivity contribution in [3.63, 3.8) is 0 Å². The normalized spacial score (nSPS) is 20.4. The summed E-state index contributed by atoms with van der Waals surface area (Å²) >= 11 is 0. The van der Waals surface area contributed by atoms with Crippen molar-refractivity contribution in [2.24, 2.45) is 11.8 Å².